The number of hydrogen-bond acceptors (Lipinski definition) is 3. The topological polar surface area (TPSA) is 46.6 Å². The highest BCUT2D eigenvalue weighted by molar-refractivity contribution is 9.10. The van der Waals surface area contributed by atoms with E-state index in [9.17, 15) is 9.59 Å². The minimum Gasteiger partial charge on any atom is -0.444 e. The molecule has 1 amide bonds. The minimum atomic E-state index is -0.660. The van der Waals surface area contributed by atoms with Crippen molar-refractivity contribution < 1.29 is 14.3 Å². The van der Waals surface area contributed by atoms with Crippen LogP contribution in [0.5, 0.6) is 0 Å². The average molecular weight is 328 g/mol. The fraction of sp³-hybridized carbons (Fsp3) is 0.429. The lowest BCUT2D eigenvalue weighted by molar-refractivity contribution is -0.112. The van der Waals surface area contributed by atoms with E-state index in [0.29, 0.717) is 0 Å². The molecule has 0 aliphatic carbocycles. The van der Waals surface area contributed by atoms with Crippen molar-refractivity contribution in [3.8, 4) is 0 Å². The second kappa shape index (κ2) is 6.19. The summed E-state index contributed by atoms with van der Waals surface area (Å²) in [5.74, 6) is 0. The van der Waals surface area contributed by atoms with Crippen LogP contribution in [0.1, 0.15) is 32.4 Å². The molecular formula is C14H18BrNO3. The molecule has 1 aromatic carbocycles. The van der Waals surface area contributed by atoms with E-state index in [1.165, 1.54) is 4.90 Å². The molecule has 0 N–H and O–H groups in total. The molecule has 1 atom stereocenters. The first-order chi connectivity index (χ1) is 8.74. The summed E-state index contributed by atoms with van der Waals surface area (Å²) in [6, 6.07) is 6.62. The number of aldehydes is 1. The lowest BCUT2D eigenvalue weighted by Crippen LogP contribution is -2.37. The van der Waals surface area contributed by atoms with Crippen LogP contribution in [-0.2, 0) is 9.53 Å². The zero-order valence-corrected chi connectivity index (χ0v) is 13.1. The summed E-state index contributed by atoms with van der Waals surface area (Å²) in [6.45, 7) is 5.36. The van der Waals surface area contributed by atoms with Gasteiger partial charge in [-0.1, -0.05) is 28.1 Å². The highest BCUT2D eigenvalue weighted by atomic mass is 79.9. The molecule has 0 bridgehead atoms. The number of hydrogen-bond donors (Lipinski definition) is 0. The number of carbonyl (C=O) groups excluding carboxylic acids is 2. The Morgan fingerprint density at radius 2 is 2.05 bits per heavy atom. The Labute approximate surface area is 121 Å². The molecule has 0 heterocycles. The van der Waals surface area contributed by atoms with Crippen LogP contribution in [0, 0.1) is 0 Å². The minimum absolute atomic E-state index is 0.524. The van der Waals surface area contributed by atoms with Gasteiger partial charge in [-0.25, -0.2) is 4.79 Å². The second-order valence-electron chi connectivity index (χ2n) is 5.23. The first-order valence-corrected chi connectivity index (χ1v) is 6.70. The molecule has 0 spiro atoms. The summed E-state index contributed by atoms with van der Waals surface area (Å²) in [4.78, 5) is 24.5. The Bertz CT molecular complexity index is 468. The lowest BCUT2D eigenvalue weighted by Gasteiger charge is -2.28. The van der Waals surface area contributed by atoms with Gasteiger partial charge >= 0.3 is 6.09 Å². The summed E-state index contributed by atoms with van der Waals surface area (Å²) in [5.41, 5.74) is 0.147. The van der Waals surface area contributed by atoms with Crippen LogP contribution in [0.2, 0.25) is 0 Å². The van der Waals surface area contributed by atoms with Crippen molar-refractivity contribution in [1.29, 1.82) is 0 Å². The normalized spacial score (nSPS) is 12.7. The van der Waals surface area contributed by atoms with Gasteiger partial charge < -0.3 is 9.53 Å². The molecule has 0 saturated heterocycles. The lowest BCUT2D eigenvalue weighted by atomic mass is 10.1. The molecule has 0 radical (unpaired) electrons. The molecule has 0 aliphatic heterocycles. The van der Waals surface area contributed by atoms with E-state index in [4.69, 9.17) is 4.74 Å². The number of halogens is 1. The molecule has 0 fully saturated rings. The van der Waals surface area contributed by atoms with Gasteiger partial charge in [0.25, 0.3) is 0 Å². The van der Waals surface area contributed by atoms with E-state index in [0.717, 1.165) is 16.3 Å². The highest BCUT2D eigenvalue weighted by Gasteiger charge is 2.26. The highest BCUT2D eigenvalue weighted by Crippen LogP contribution is 2.22. The number of amides is 1. The first kappa shape index (κ1) is 15.7. The van der Waals surface area contributed by atoms with E-state index >= 15 is 0 Å². The molecule has 19 heavy (non-hydrogen) atoms. The average Bonchev–Trinajstić information content (AvgIpc) is 2.27. The zero-order valence-electron chi connectivity index (χ0n) is 11.5. The number of benzene rings is 1. The van der Waals surface area contributed by atoms with Crippen LogP contribution in [0.25, 0.3) is 0 Å². The quantitative estimate of drug-likeness (QED) is 0.797. The van der Waals surface area contributed by atoms with Gasteiger partial charge in [0.1, 0.15) is 17.9 Å². The summed E-state index contributed by atoms with van der Waals surface area (Å²) in [5, 5.41) is 0. The fourth-order valence-corrected chi connectivity index (χ4v) is 1.95. The monoisotopic (exact) mass is 327 g/mol. The van der Waals surface area contributed by atoms with Crippen molar-refractivity contribution in [2.45, 2.75) is 32.4 Å². The van der Waals surface area contributed by atoms with Crippen LogP contribution >= 0.6 is 15.9 Å². The summed E-state index contributed by atoms with van der Waals surface area (Å²) in [6.07, 6.45) is 0.204. The molecule has 4 nitrogen and oxygen atoms in total. The van der Waals surface area contributed by atoms with Crippen LogP contribution in [0.4, 0.5) is 4.79 Å². The smallest absolute Gasteiger partial charge is 0.410 e. The first-order valence-electron chi connectivity index (χ1n) is 5.91. The predicted octanol–water partition coefficient (Wildman–Crippen LogP) is 3.56. The van der Waals surface area contributed by atoms with Gasteiger partial charge in [-0.3, -0.25) is 4.90 Å². The van der Waals surface area contributed by atoms with E-state index < -0.39 is 17.7 Å². The van der Waals surface area contributed by atoms with Crippen molar-refractivity contribution in [3.63, 3.8) is 0 Å². The standard InChI is InChI=1S/C14H18BrNO3/c1-14(2,3)19-13(18)16(4)12(9-17)10-6-5-7-11(15)8-10/h5-9,12H,1-4H3. The molecule has 0 aliphatic rings. The van der Waals surface area contributed by atoms with Gasteiger partial charge in [0.05, 0.1) is 0 Å². The third-order valence-electron chi connectivity index (χ3n) is 2.42. The Kier molecular flexibility index (Phi) is 5.11. The zero-order chi connectivity index (χ0) is 14.6. The Balaban J connectivity index is 2.91. The van der Waals surface area contributed by atoms with Crippen molar-refractivity contribution in [2.75, 3.05) is 7.05 Å². The maximum atomic E-state index is 12.0. The van der Waals surface area contributed by atoms with E-state index in [2.05, 4.69) is 15.9 Å². The van der Waals surface area contributed by atoms with Gasteiger partial charge in [-0.2, -0.15) is 0 Å². The molecule has 104 valence electrons. The summed E-state index contributed by atoms with van der Waals surface area (Å²) < 4.78 is 6.11. The Morgan fingerprint density at radius 1 is 1.42 bits per heavy atom. The van der Waals surface area contributed by atoms with Crippen molar-refractivity contribution >= 4 is 28.3 Å². The van der Waals surface area contributed by atoms with Gasteiger partial charge in [0.2, 0.25) is 0 Å². The number of nitrogens with zero attached hydrogens (tertiary/aromatic N) is 1. The Morgan fingerprint density at radius 3 is 2.53 bits per heavy atom. The van der Waals surface area contributed by atoms with Crippen LogP contribution in [0.15, 0.2) is 28.7 Å². The van der Waals surface area contributed by atoms with Crippen molar-refractivity contribution in [3.05, 3.63) is 34.3 Å². The molecule has 1 unspecified atom stereocenters. The maximum Gasteiger partial charge on any atom is 0.410 e. The number of rotatable bonds is 3. The molecule has 1 rings (SSSR count). The predicted molar refractivity (Wildman–Crippen MR) is 76.9 cm³/mol. The maximum absolute atomic E-state index is 12.0. The molecule has 0 aromatic heterocycles. The SMILES string of the molecule is CN(C(=O)OC(C)(C)C)C(C=O)c1cccc(Br)c1. The third kappa shape index (κ3) is 4.67. The number of likely N-dealkylation sites (N-methyl/N-ethyl adjacent to an activating group) is 1. The van der Waals surface area contributed by atoms with Gasteiger partial charge in [-0.15, -0.1) is 0 Å². The second-order valence-corrected chi connectivity index (χ2v) is 6.14. The summed E-state index contributed by atoms with van der Waals surface area (Å²) in [7, 11) is 1.55. The van der Waals surface area contributed by atoms with Gasteiger partial charge in [0, 0.05) is 11.5 Å². The summed E-state index contributed by atoms with van der Waals surface area (Å²) >= 11 is 3.34. The molecule has 5 heteroatoms. The molecule has 0 saturated carbocycles. The van der Waals surface area contributed by atoms with Crippen LogP contribution in [-0.4, -0.2) is 29.9 Å². The largest absolute Gasteiger partial charge is 0.444 e. The van der Waals surface area contributed by atoms with E-state index in [-0.39, 0.29) is 0 Å². The third-order valence-corrected chi connectivity index (χ3v) is 2.91. The van der Waals surface area contributed by atoms with E-state index in [1.807, 2.05) is 12.1 Å². The molecular weight excluding hydrogens is 310 g/mol. The Hall–Kier alpha value is -1.36. The van der Waals surface area contributed by atoms with Crippen molar-refractivity contribution in [1.82, 2.24) is 4.90 Å². The number of carbonyl (C=O) groups is 2. The van der Waals surface area contributed by atoms with Crippen LogP contribution < -0.4 is 0 Å². The van der Waals surface area contributed by atoms with E-state index in [1.54, 1.807) is 40.0 Å². The van der Waals surface area contributed by atoms with Crippen molar-refractivity contribution in [2.24, 2.45) is 0 Å². The van der Waals surface area contributed by atoms with Gasteiger partial charge in [-0.05, 0) is 38.5 Å². The molecule has 1 aromatic rings. The van der Waals surface area contributed by atoms with Crippen LogP contribution in [0.3, 0.4) is 0 Å². The van der Waals surface area contributed by atoms with Gasteiger partial charge in [0.15, 0.2) is 0 Å². The fourth-order valence-electron chi connectivity index (χ4n) is 1.53. The number of ether oxygens (including phenoxy) is 1.